The third-order valence-electron chi connectivity index (χ3n) is 2.61. The monoisotopic (exact) mass is 260 g/mol. The van der Waals surface area contributed by atoms with Gasteiger partial charge in [0.1, 0.15) is 11.6 Å². The van der Waals surface area contributed by atoms with Gasteiger partial charge in [-0.1, -0.05) is 13.8 Å². The Kier molecular flexibility index (Phi) is 5.92. The summed E-state index contributed by atoms with van der Waals surface area (Å²) in [6.45, 7) is 4.16. The molecule has 1 rings (SSSR count). The molecule has 0 aliphatic rings. The summed E-state index contributed by atoms with van der Waals surface area (Å²) in [6.07, 6.45) is 0.559. The van der Waals surface area contributed by atoms with Gasteiger partial charge < -0.3 is 5.11 Å². The Labute approximate surface area is 105 Å². The number of rotatable bonds is 6. The molecular weight excluding hydrogens is 242 g/mol. The van der Waals surface area contributed by atoms with Crippen molar-refractivity contribution < 1.29 is 13.9 Å². The third kappa shape index (κ3) is 5.04. The minimum absolute atomic E-state index is 0.160. The van der Waals surface area contributed by atoms with Crippen molar-refractivity contribution in [1.82, 2.24) is 0 Å². The molecule has 1 aromatic carbocycles. The molecular formula is C13H18F2OS. The van der Waals surface area contributed by atoms with E-state index in [1.54, 1.807) is 11.8 Å². The molecule has 0 aliphatic heterocycles. The molecule has 0 aliphatic carbocycles. The lowest BCUT2D eigenvalue weighted by Gasteiger charge is -2.14. The van der Waals surface area contributed by atoms with Crippen molar-refractivity contribution in [3.63, 3.8) is 0 Å². The van der Waals surface area contributed by atoms with Gasteiger partial charge in [-0.3, -0.25) is 0 Å². The summed E-state index contributed by atoms with van der Waals surface area (Å²) < 4.78 is 26.2. The number of aliphatic hydroxyl groups is 1. The highest BCUT2D eigenvalue weighted by Gasteiger charge is 2.12. The maximum absolute atomic E-state index is 13.3. The molecule has 0 aromatic heterocycles. The first kappa shape index (κ1) is 14.5. The highest BCUT2D eigenvalue weighted by atomic mass is 32.2. The molecule has 0 saturated carbocycles. The van der Waals surface area contributed by atoms with Gasteiger partial charge in [0.25, 0.3) is 0 Å². The summed E-state index contributed by atoms with van der Waals surface area (Å²) in [6, 6.07) is 3.32. The van der Waals surface area contributed by atoms with Crippen LogP contribution in [0.5, 0.6) is 0 Å². The van der Waals surface area contributed by atoms with Gasteiger partial charge in [-0.2, -0.15) is 11.8 Å². The van der Waals surface area contributed by atoms with Gasteiger partial charge >= 0.3 is 0 Å². The Morgan fingerprint density at radius 1 is 1.35 bits per heavy atom. The van der Waals surface area contributed by atoms with Crippen molar-refractivity contribution in [3.05, 3.63) is 35.4 Å². The van der Waals surface area contributed by atoms with E-state index < -0.39 is 17.7 Å². The molecule has 1 aromatic rings. The van der Waals surface area contributed by atoms with Gasteiger partial charge in [-0.15, -0.1) is 0 Å². The van der Waals surface area contributed by atoms with Crippen LogP contribution in [0.3, 0.4) is 0 Å². The smallest absolute Gasteiger partial charge is 0.126 e. The van der Waals surface area contributed by atoms with E-state index in [2.05, 4.69) is 13.8 Å². The second-order valence-electron chi connectivity index (χ2n) is 4.15. The SMILES string of the molecule is CCC(C)SCC(O)Cc1cc(F)ccc1F. The van der Waals surface area contributed by atoms with Gasteiger partial charge in [0.15, 0.2) is 0 Å². The quantitative estimate of drug-likeness (QED) is 0.846. The van der Waals surface area contributed by atoms with Crippen LogP contribution < -0.4 is 0 Å². The zero-order valence-electron chi connectivity index (χ0n) is 10.1. The number of hydrogen-bond acceptors (Lipinski definition) is 2. The highest BCUT2D eigenvalue weighted by Crippen LogP contribution is 2.18. The van der Waals surface area contributed by atoms with Crippen molar-refractivity contribution in [3.8, 4) is 0 Å². The Morgan fingerprint density at radius 2 is 2.06 bits per heavy atom. The van der Waals surface area contributed by atoms with Crippen molar-refractivity contribution in [2.75, 3.05) is 5.75 Å². The maximum atomic E-state index is 13.3. The van der Waals surface area contributed by atoms with Gasteiger partial charge in [-0.05, 0) is 30.2 Å². The Morgan fingerprint density at radius 3 is 2.71 bits per heavy atom. The number of aliphatic hydroxyl groups excluding tert-OH is 1. The van der Waals surface area contributed by atoms with E-state index in [4.69, 9.17) is 0 Å². The molecule has 17 heavy (non-hydrogen) atoms. The average Bonchev–Trinajstić information content (AvgIpc) is 2.30. The van der Waals surface area contributed by atoms with Crippen LogP contribution in [0.1, 0.15) is 25.8 Å². The lowest BCUT2D eigenvalue weighted by Crippen LogP contribution is -2.16. The lowest BCUT2D eigenvalue weighted by molar-refractivity contribution is 0.198. The van der Waals surface area contributed by atoms with Crippen LogP contribution >= 0.6 is 11.8 Å². The number of halogens is 2. The van der Waals surface area contributed by atoms with Gasteiger partial charge in [0, 0.05) is 17.4 Å². The molecule has 2 unspecified atom stereocenters. The second kappa shape index (κ2) is 6.97. The standard InChI is InChI=1S/C13H18F2OS/c1-3-9(2)17-8-12(16)7-10-6-11(14)4-5-13(10)15/h4-6,9,12,16H,3,7-8H2,1-2H3. The van der Waals surface area contributed by atoms with Crippen LogP contribution in [0.2, 0.25) is 0 Å². The van der Waals surface area contributed by atoms with Crippen LogP contribution in [0.25, 0.3) is 0 Å². The largest absolute Gasteiger partial charge is 0.392 e. The minimum Gasteiger partial charge on any atom is -0.392 e. The van der Waals surface area contributed by atoms with E-state index in [1.165, 1.54) is 0 Å². The molecule has 0 saturated heterocycles. The molecule has 1 nitrogen and oxygen atoms in total. The Hall–Kier alpha value is -0.610. The van der Waals surface area contributed by atoms with Crippen LogP contribution in [-0.4, -0.2) is 22.2 Å². The van der Waals surface area contributed by atoms with Crippen LogP contribution in [0.15, 0.2) is 18.2 Å². The predicted molar refractivity (Wildman–Crippen MR) is 68.3 cm³/mol. The first-order valence-corrected chi connectivity index (χ1v) is 6.81. The molecule has 0 bridgehead atoms. The van der Waals surface area contributed by atoms with Crippen LogP contribution in [0, 0.1) is 11.6 Å². The number of thioether (sulfide) groups is 1. The zero-order valence-corrected chi connectivity index (χ0v) is 10.9. The summed E-state index contributed by atoms with van der Waals surface area (Å²) in [4.78, 5) is 0. The molecule has 0 radical (unpaired) electrons. The van der Waals surface area contributed by atoms with Crippen molar-refractivity contribution in [1.29, 1.82) is 0 Å². The van der Waals surface area contributed by atoms with Gasteiger partial charge in [-0.25, -0.2) is 8.78 Å². The summed E-state index contributed by atoms with van der Waals surface area (Å²) >= 11 is 1.65. The Bertz CT molecular complexity index is 357. The summed E-state index contributed by atoms with van der Waals surface area (Å²) in [5.41, 5.74) is 0.238. The van der Waals surface area contributed by atoms with Crippen LogP contribution in [0.4, 0.5) is 8.78 Å². The molecule has 0 fully saturated rings. The van der Waals surface area contributed by atoms with E-state index in [1.807, 2.05) is 0 Å². The predicted octanol–water partition coefficient (Wildman–Crippen LogP) is 3.40. The normalized spacial score (nSPS) is 14.6. The average molecular weight is 260 g/mol. The summed E-state index contributed by atoms with van der Waals surface area (Å²) in [5, 5.41) is 10.2. The fourth-order valence-corrected chi connectivity index (χ4v) is 2.31. The first-order valence-electron chi connectivity index (χ1n) is 5.76. The van der Waals surface area contributed by atoms with Crippen molar-refractivity contribution >= 4 is 11.8 Å². The lowest BCUT2D eigenvalue weighted by atomic mass is 10.1. The van der Waals surface area contributed by atoms with Crippen molar-refractivity contribution in [2.45, 2.75) is 38.0 Å². The summed E-state index contributed by atoms with van der Waals surface area (Å²) in [5.74, 6) is -0.382. The fraction of sp³-hybridized carbons (Fsp3) is 0.538. The Balaban J connectivity index is 2.50. The topological polar surface area (TPSA) is 20.2 Å². The molecule has 0 heterocycles. The first-order chi connectivity index (χ1) is 8.02. The molecule has 1 N–H and O–H groups in total. The second-order valence-corrected chi connectivity index (χ2v) is 5.62. The van der Waals surface area contributed by atoms with Crippen LogP contribution in [-0.2, 0) is 6.42 Å². The van der Waals surface area contributed by atoms with E-state index in [-0.39, 0.29) is 12.0 Å². The van der Waals surface area contributed by atoms with E-state index in [0.717, 1.165) is 24.6 Å². The molecule has 4 heteroatoms. The summed E-state index contributed by atoms with van der Waals surface area (Å²) in [7, 11) is 0. The zero-order chi connectivity index (χ0) is 12.8. The fourth-order valence-electron chi connectivity index (χ4n) is 1.41. The number of hydrogen-bond donors (Lipinski definition) is 1. The number of benzene rings is 1. The minimum atomic E-state index is -0.634. The molecule has 0 spiro atoms. The third-order valence-corrected chi connectivity index (χ3v) is 4.09. The van der Waals surface area contributed by atoms with Gasteiger partial charge in [0.2, 0.25) is 0 Å². The highest BCUT2D eigenvalue weighted by molar-refractivity contribution is 7.99. The maximum Gasteiger partial charge on any atom is 0.126 e. The molecule has 2 atom stereocenters. The van der Waals surface area contributed by atoms with E-state index >= 15 is 0 Å². The van der Waals surface area contributed by atoms with E-state index in [0.29, 0.717) is 11.0 Å². The van der Waals surface area contributed by atoms with E-state index in [9.17, 15) is 13.9 Å². The van der Waals surface area contributed by atoms with Crippen molar-refractivity contribution in [2.24, 2.45) is 0 Å². The molecule has 0 amide bonds. The van der Waals surface area contributed by atoms with Gasteiger partial charge in [0.05, 0.1) is 6.10 Å². The molecule has 96 valence electrons.